The van der Waals surface area contributed by atoms with Gasteiger partial charge in [0.25, 0.3) is 0 Å². The van der Waals surface area contributed by atoms with Crippen LogP contribution in [0.2, 0.25) is 5.02 Å². The second-order valence-corrected chi connectivity index (χ2v) is 6.39. The molecule has 0 aliphatic carbocycles. The van der Waals surface area contributed by atoms with E-state index in [9.17, 15) is 14.4 Å². The minimum Gasteiger partial charge on any atom is -0.465 e. The quantitative estimate of drug-likeness (QED) is 0.800. The van der Waals surface area contributed by atoms with E-state index in [1.807, 2.05) is 0 Å². The zero-order chi connectivity index (χ0) is 19.4. The van der Waals surface area contributed by atoms with Crippen LogP contribution in [0.4, 0.5) is 16.2 Å². The number of hydrogen-bond acceptors (Lipinski definition) is 4. The highest BCUT2D eigenvalue weighted by Crippen LogP contribution is 2.22. The molecule has 0 bridgehead atoms. The van der Waals surface area contributed by atoms with Gasteiger partial charge in [-0.25, -0.2) is 9.59 Å². The van der Waals surface area contributed by atoms with E-state index in [0.29, 0.717) is 29.4 Å². The summed E-state index contributed by atoms with van der Waals surface area (Å²) in [7, 11) is 1.30. The molecular weight excluding hydrogens is 370 g/mol. The van der Waals surface area contributed by atoms with Gasteiger partial charge >= 0.3 is 12.0 Å². The van der Waals surface area contributed by atoms with Gasteiger partial charge in [-0.3, -0.25) is 9.69 Å². The smallest absolute Gasteiger partial charge is 0.337 e. The molecular formula is C19H18ClN3O4. The van der Waals surface area contributed by atoms with Crippen molar-refractivity contribution >= 4 is 40.9 Å². The van der Waals surface area contributed by atoms with Crippen molar-refractivity contribution in [3.05, 3.63) is 59.1 Å². The van der Waals surface area contributed by atoms with Crippen molar-refractivity contribution in [3.63, 3.8) is 0 Å². The maximum Gasteiger partial charge on any atom is 0.337 e. The fraction of sp³-hybridized carbons (Fsp3) is 0.211. The number of rotatable bonds is 5. The van der Waals surface area contributed by atoms with Gasteiger partial charge in [0.2, 0.25) is 5.91 Å². The molecule has 1 aliphatic heterocycles. The number of carbonyl (C=O) groups is 3. The molecule has 140 valence electrons. The Morgan fingerprint density at radius 1 is 1.07 bits per heavy atom. The van der Waals surface area contributed by atoms with Crippen LogP contribution in [0.25, 0.3) is 0 Å². The molecule has 2 aromatic rings. The lowest BCUT2D eigenvalue weighted by molar-refractivity contribution is -0.116. The van der Waals surface area contributed by atoms with E-state index >= 15 is 0 Å². The number of benzene rings is 2. The van der Waals surface area contributed by atoms with Gasteiger partial charge in [0, 0.05) is 29.5 Å². The van der Waals surface area contributed by atoms with Gasteiger partial charge in [-0.1, -0.05) is 11.6 Å². The number of esters is 1. The first-order valence-corrected chi connectivity index (χ1v) is 8.66. The molecule has 0 atom stereocenters. The van der Waals surface area contributed by atoms with E-state index in [2.05, 4.69) is 10.1 Å². The second-order valence-electron chi connectivity index (χ2n) is 5.95. The van der Waals surface area contributed by atoms with Crippen molar-refractivity contribution in [2.24, 2.45) is 0 Å². The summed E-state index contributed by atoms with van der Waals surface area (Å²) < 4.78 is 4.63. The highest BCUT2D eigenvalue weighted by atomic mass is 35.5. The molecule has 0 saturated carbocycles. The van der Waals surface area contributed by atoms with Gasteiger partial charge in [0.05, 0.1) is 12.7 Å². The fourth-order valence-corrected chi connectivity index (χ4v) is 2.90. The average molecular weight is 388 g/mol. The molecule has 0 unspecified atom stereocenters. The van der Waals surface area contributed by atoms with Crippen molar-refractivity contribution in [2.45, 2.75) is 0 Å². The van der Waals surface area contributed by atoms with E-state index in [0.717, 1.165) is 5.69 Å². The Labute approximate surface area is 161 Å². The zero-order valence-electron chi connectivity index (χ0n) is 14.6. The molecule has 0 spiro atoms. The summed E-state index contributed by atoms with van der Waals surface area (Å²) in [6.45, 7) is 0.902. The Kier molecular flexibility index (Phi) is 5.61. The molecule has 1 fully saturated rings. The van der Waals surface area contributed by atoms with E-state index in [-0.39, 0.29) is 18.5 Å². The largest absolute Gasteiger partial charge is 0.465 e. The topological polar surface area (TPSA) is 79.0 Å². The predicted octanol–water partition coefficient (Wildman–Crippen LogP) is 3.01. The summed E-state index contributed by atoms with van der Waals surface area (Å²) in [5, 5.41) is 3.31. The summed E-state index contributed by atoms with van der Waals surface area (Å²) in [6, 6.07) is 13.1. The summed E-state index contributed by atoms with van der Waals surface area (Å²) in [6.07, 6.45) is 0. The standard InChI is InChI=1S/C19H18ClN3O4/c1-27-18(25)13-2-6-15(7-3-13)21-17(24)12-22-10-11-23(19(22)26)16-8-4-14(20)5-9-16/h2-9H,10-12H2,1H3,(H,21,24). The summed E-state index contributed by atoms with van der Waals surface area (Å²) >= 11 is 5.87. The Morgan fingerprint density at radius 2 is 1.74 bits per heavy atom. The number of ether oxygens (including phenoxy) is 1. The number of urea groups is 1. The number of methoxy groups -OCH3 is 1. The lowest BCUT2D eigenvalue weighted by Gasteiger charge is -2.18. The minimum absolute atomic E-state index is 0.0539. The zero-order valence-corrected chi connectivity index (χ0v) is 15.4. The molecule has 27 heavy (non-hydrogen) atoms. The van der Waals surface area contributed by atoms with Crippen LogP contribution < -0.4 is 10.2 Å². The van der Waals surface area contributed by atoms with Crippen molar-refractivity contribution in [2.75, 3.05) is 37.0 Å². The van der Waals surface area contributed by atoms with Gasteiger partial charge in [-0.15, -0.1) is 0 Å². The second kappa shape index (κ2) is 8.09. The highest BCUT2D eigenvalue weighted by Gasteiger charge is 2.30. The minimum atomic E-state index is -0.446. The van der Waals surface area contributed by atoms with Gasteiger partial charge in [0.15, 0.2) is 0 Å². The Balaban J connectivity index is 1.57. The molecule has 1 N–H and O–H groups in total. The van der Waals surface area contributed by atoms with Gasteiger partial charge in [-0.2, -0.15) is 0 Å². The Hall–Kier alpha value is -3.06. The van der Waals surface area contributed by atoms with Gasteiger partial charge in [-0.05, 0) is 48.5 Å². The highest BCUT2D eigenvalue weighted by molar-refractivity contribution is 6.30. The van der Waals surface area contributed by atoms with Crippen LogP contribution in [0.5, 0.6) is 0 Å². The SMILES string of the molecule is COC(=O)c1ccc(NC(=O)CN2CCN(c3ccc(Cl)cc3)C2=O)cc1. The summed E-state index contributed by atoms with van der Waals surface area (Å²) in [5.41, 5.74) is 1.67. The van der Waals surface area contributed by atoms with Crippen molar-refractivity contribution in [1.82, 2.24) is 4.90 Å². The molecule has 8 heteroatoms. The lowest BCUT2D eigenvalue weighted by atomic mass is 10.2. The lowest BCUT2D eigenvalue weighted by Crippen LogP contribution is -2.37. The Bertz CT molecular complexity index is 852. The molecule has 7 nitrogen and oxygen atoms in total. The predicted molar refractivity (Wildman–Crippen MR) is 102 cm³/mol. The normalized spacial score (nSPS) is 13.6. The molecule has 1 saturated heterocycles. The van der Waals surface area contributed by atoms with Crippen LogP contribution in [0.15, 0.2) is 48.5 Å². The van der Waals surface area contributed by atoms with Crippen LogP contribution in [0.1, 0.15) is 10.4 Å². The number of anilines is 2. The monoisotopic (exact) mass is 387 g/mol. The summed E-state index contributed by atoms with van der Waals surface area (Å²) in [4.78, 5) is 39.3. The third-order valence-electron chi connectivity index (χ3n) is 4.16. The first-order chi connectivity index (χ1) is 13.0. The van der Waals surface area contributed by atoms with E-state index in [1.165, 1.54) is 12.0 Å². The first kappa shape index (κ1) is 18.7. The number of amides is 3. The van der Waals surface area contributed by atoms with Gasteiger partial charge in [0.1, 0.15) is 6.54 Å². The molecule has 2 aromatic carbocycles. The number of nitrogens with one attached hydrogen (secondary N) is 1. The van der Waals surface area contributed by atoms with Crippen LogP contribution >= 0.6 is 11.6 Å². The van der Waals surface area contributed by atoms with Crippen LogP contribution in [-0.4, -0.2) is 49.6 Å². The first-order valence-electron chi connectivity index (χ1n) is 8.28. The fourth-order valence-electron chi connectivity index (χ4n) is 2.77. The Morgan fingerprint density at radius 3 is 2.37 bits per heavy atom. The molecule has 0 aromatic heterocycles. The number of nitrogens with zero attached hydrogens (tertiary/aromatic N) is 2. The number of carbonyl (C=O) groups excluding carboxylic acids is 3. The maximum absolute atomic E-state index is 12.5. The molecule has 3 rings (SSSR count). The van der Waals surface area contributed by atoms with Crippen molar-refractivity contribution in [3.8, 4) is 0 Å². The van der Waals surface area contributed by atoms with E-state index < -0.39 is 5.97 Å². The third-order valence-corrected chi connectivity index (χ3v) is 4.41. The van der Waals surface area contributed by atoms with Crippen LogP contribution in [0, 0.1) is 0 Å². The average Bonchev–Trinajstić information content (AvgIpc) is 3.02. The van der Waals surface area contributed by atoms with E-state index in [4.69, 9.17) is 11.6 Å². The number of hydrogen-bond donors (Lipinski definition) is 1. The number of halogens is 1. The van der Waals surface area contributed by atoms with Crippen molar-refractivity contribution in [1.29, 1.82) is 0 Å². The molecule has 1 aliphatic rings. The van der Waals surface area contributed by atoms with Crippen LogP contribution in [-0.2, 0) is 9.53 Å². The molecule has 3 amide bonds. The third kappa shape index (κ3) is 4.38. The van der Waals surface area contributed by atoms with Crippen LogP contribution in [0.3, 0.4) is 0 Å². The van der Waals surface area contributed by atoms with Gasteiger partial charge < -0.3 is 15.0 Å². The molecule has 0 radical (unpaired) electrons. The maximum atomic E-state index is 12.5. The van der Waals surface area contributed by atoms with E-state index in [1.54, 1.807) is 53.4 Å². The van der Waals surface area contributed by atoms with Crippen molar-refractivity contribution < 1.29 is 19.1 Å². The summed E-state index contributed by atoms with van der Waals surface area (Å²) in [5.74, 6) is -0.759. The molecule has 1 heterocycles.